The number of thiophene rings is 1. The van der Waals surface area contributed by atoms with Crippen LogP contribution in [0.3, 0.4) is 0 Å². The number of thioether (sulfide) groups is 1. The number of ether oxygens (including phenoxy) is 1. The van der Waals surface area contributed by atoms with Gasteiger partial charge in [0.05, 0.1) is 12.1 Å². The summed E-state index contributed by atoms with van der Waals surface area (Å²) >= 11 is 3.26. The third-order valence-corrected chi connectivity index (χ3v) is 5.27. The summed E-state index contributed by atoms with van der Waals surface area (Å²) in [7, 11) is 1.30. The van der Waals surface area contributed by atoms with Gasteiger partial charge in [-0.15, -0.1) is 23.1 Å². The fourth-order valence-corrected chi connectivity index (χ4v) is 3.70. The molecule has 1 amide bonds. The third-order valence-electron chi connectivity index (χ3n) is 3.09. The Kier molecular flexibility index (Phi) is 6.64. The number of nitrogens with one attached hydrogen (secondary N) is 1. The maximum Gasteiger partial charge on any atom is 0.334 e. The Morgan fingerprint density at radius 1 is 1.30 bits per heavy atom. The summed E-state index contributed by atoms with van der Waals surface area (Å²) in [6, 6.07) is 11.3. The number of carboxylic acids is 1. The van der Waals surface area contributed by atoms with E-state index < -0.39 is 12.1 Å². The fourth-order valence-electron chi connectivity index (χ4n) is 1.88. The monoisotopic (exact) mass is 351 g/mol. The molecule has 1 atom stereocenters. The van der Waals surface area contributed by atoms with Crippen molar-refractivity contribution in [1.82, 2.24) is 5.32 Å². The van der Waals surface area contributed by atoms with Crippen molar-refractivity contribution in [3.8, 4) is 0 Å². The van der Waals surface area contributed by atoms with Crippen molar-refractivity contribution in [1.29, 1.82) is 0 Å². The second-order valence-electron chi connectivity index (χ2n) is 4.64. The Hall–Kier alpha value is -1.83. The van der Waals surface area contributed by atoms with Gasteiger partial charge in [0.2, 0.25) is 0 Å². The highest BCUT2D eigenvalue weighted by Gasteiger charge is 2.18. The Labute approximate surface area is 142 Å². The molecule has 2 N–H and O–H groups in total. The van der Waals surface area contributed by atoms with Crippen molar-refractivity contribution in [3.63, 3.8) is 0 Å². The van der Waals surface area contributed by atoms with Gasteiger partial charge in [0.25, 0.3) is 5.91 Å². The van der Waals surface area contributed by atoms with Crippen LogP contribution in [-0.4, -0.2) is 36.7 Å². The minimum absolute atomic E-state index is 0.0748. The highest BCUT2D eigenvalue weighted by molar-refractivity contribution is 7.98. The van der Waals surface area contributed by atoms with E-state index >= 15 is 0 Å². The van der Waals surface area contributed by atoms with Crippen LogP contribution in [0.2, 0.25) is 0 Å². The molecule has 0 aliphatic carbocycles. The molecule has 0 aliphatic heterocycles. The minimum atomic E-state index is -1.10. The van der Waals surface area contributed by atoms with Gasteiger partial charge < -0.3 is 15.2 Å². The smallest absolute Gasteiger partial charge is 0.334 e. The first-order valence-electron chi connectivity index (χ1n) is 6.90. The molecule has 0 aliphatic rings. The van der Waals surface area contributed by atoms with Crippen molar-refractivity contribution in [2.45, 2.75) is 16.8 Å². The lowest BCUT2D eigenvalue weighted by Crippen LogP contribution is -2.38. The number of carbonyl (C=O) groups is 2. The summed E-state index contributed by atoms with van der Waals surface area (Å²) in [5.74, 6) is -0.617. The van der Waals surface area contributed by atoms with Crippen molar-refractivity contribution in [2.24, 2.45) is 0 Å². The van der Waals surface area contributed by atoms with Gasteiger partial charge in [-0.25, -0.2) is 4.79 Å². The summed E-state index contributed by atoms with van der Waals surface area (Å²) in [5, 5.41) is 13.6. The van der Waals surface area contributed by atoms with Gasteiger partial charge in [0, 0.05) is 22.6 Å². The number of amides is 1. The number of carboxylic acid groups (broad SMARTS) is 1. The number of hydrogen-bond acceptors (Lipinski definition) is 5. The molecule has 0 saturated carbocycles. The molecular formula is C16H17NO4S2. The van der Waals surface area contributed by atoms with E-state index in [1.807, 2.05) is 23.6 Å². The number of methoxy groups -OCH3 is 1. The number of carbonyl (C=O) groups excluding carboxylic acids is 1. The predicted molar refractivity (Wildman–Crippen MR) is 91.1 cm³/mol. The van der Waals surface area contributed by atoms with Gasteiger partial charge in [-0.1, -0.05) is 18.2 Å². The van der Waals surface area contributed by atoms with Crippen LogP contribution in [0, 0.1) is 0 Å². The molecule has 0 radical (unpaired) electrons. The maximum absolute atomic E-state index is 12.3. The van der Waals surface area contributed by atoms with Gasteiger partial charge in [0.15, 0.2) is 6.10 Å². The molecule has 1 heterocycles. The lowest BCUT2D eigenvalue weighted by Gasteiger charge is -2.13. The second kappa shape index (κ2) is 8.71. The molecule has 1 unspecified atom stereocenters. The van der Waals surface area contributed by atoms with E-state index in [0.29, 0.717) is 5.56 Å². The molecular weight excluding hydrogens is 334 g/mol. The summed E-state index contributed by atoms with van der Waals surface area (Å²) < 4.78 is 4.81. The highest BCUT2D eigenvalue weighted by atomic mass is 32.2. The second-order valence-corrected chi connectivity index (χ2v) is 6.69. The van der Waals surface area contributed by atoms with Gasteiger partial charge in [-0.05, 0) is 23.6 Å². The average Bonchev–Trinajstić information content (AvgIpc) is 3.06. The van der Waals surface area contributed by atoms with E-state index in [2.05, 4.69) is 11.4 Å². The van der Waals surface area contributed by atoms with Crippen molar-refractivity contribution >= 4 is 35.0 Å². The molecule has 122 valence electrons. The molecule has 0 spiro atoms. The standard InChI is InChI=1S/C16H17NO4S2/c1-21-13(16(19)20)9-17-15(18)12-6-2-3-7-14(12)23-10-11-5-4-8-22-11/h2-8,13H,9-10H2,1H3,(H,17,18)(H,19,20). The summed E-state index contributed by atoms with van der Waals surface area (Å²) in [5.41, 5.74) is 0.536. The van der Waals surface area contributed by atoms with Gasteiger partial charge in [-0.3, -0.25) is 4.79 Å². The van der Waals surface area contributed by atoms with E-state index in [1.165, 1.54) is 12.0 Å². The number of rotatable bonds is 8. The zero-order valence-corrected chi connectivity index (χ0v) is 14.2. The van der Waals surface area contributed by atoms with Crippen LogP contribution in [0.15, 0.2) is 46.7 Å². The van der Waals surface area contributed by atoms with Gasteiger partial charge >= 0.3 is 5.97 Å². The minimum Gasteiger partial charge on any atom is -0.479 e. The normalized spacial score (nSPS) is 11.9. The van der Waals surface area contributed by atoms with E-state index in [9.17, 15) is 9.59 Å². The largest absolute Gasteiger partial charge is 0.479 e. The predicted octanol–water partition coefficient (Wildman–Crippen LogP) is 2.87. The summed E-state index contributed by atoms with van der Waals surface area (Å²) in [6.45, 7) is -0.0748. The van der Waals surface area contributed by atoms with Gasteiger partial charge in [-0.2, -0.15) is 0 Å². The summed E-state index contributed by atoms with van der Waals surface area (Å²) in [6.07, 6.45) is -1.05. The quantitative estimate of drug-likeness (QED) is 0.715. The molecule has 0 bridgehead atoms. The van der Waals surface area contributed by atoms with Crippen LogP contribution in [0.1, 0.15) is 15.2 Å². The number of aliphatic carboxylic acids is 1. The van der Waals surface area contributed by atoms with E-state index in [1.54, 1.807) is 35.2 Å². The zero-order valence-electron chi connectivity index (χ0n) is 12.5. The Balaban J connectivity index is 2.00. The third kappa shape index (κ3) is 5.09. The SMILES string of the molecule is COC(CNC(=O)c1ccccc1SCc1cccs1)C(=O)O. The van der Waals surface area contributed by atoms with Crippen LogP contribution >= 0.6 is 23.1 Å². The molecule has 0 saturated heterocycles. The lowest BCUT2D eigenvalue weighted by molar-refractivity contribution is -0.148. The molecule has 2 rings (SSSR count). The summed E-state index contributed by atoms with van der Waals surface area (Å²) in [4.78, 5) is 25.3. The molecule has 7 heteroatoms. The topological polar surface area (TPSA) is 75.6 Å². The van der Waals surface area contributed by atoms with Crippen LogP contribution in [0.5, 0.6) is 0 Å². The molecule has 0 fully saturated rings. The lowest BCUT2D eigenvalue weighted by atomic mass is 10.2. The first kappa shape index (κ1) is 17.5. The van der Waals surface area contributed by atoms with Gasteiger partial charge in [0.1, 0.15) is 0 Å². The first-order valence-corrected chi connectivity index (χ1v) is 8.76. The molecule has 1 aromatic carbocycles. The van der Waals surface area contributed by atoms with E-state index in [4.69, 9.17) is 9.84 Å². The Bertz CT molecular complexity index is 658. The zero-order chi connectivity index (χ0) is 16.7. The van der Waals surface area contributed by atoms with Crippen molar-refractivity contribution in [3.05, 3.63) is 52.2 Å². The average molecular weight is 351 g/mol. The van der Waals surface area contributed by atoms with E-state index in [-0.39, 0.29) is 12.5 Å². The van der Waals surface area contributed by atoms with Crippen LogP contribution in [0.4, 0.5) is 0 Å². The maximum atomic E-state index is 12.3. The van der Waals surface area contributed by atoms with Crippen LogP contribution in [0.25, 0.3) is 0 Å². The fraction of sp³-hybridized carbons (Fsp3) is 0.250. The Morgan fingerprint density at radius 3 is 2.74 bits per heavy atom. The Morgan fingerprint density at radius 2 is 2.09 bits per heavy atom. The van der Waals surface area contributed by atoms with Crippen molar-refractivity contribution < 1.29 is 19.4 Å². The van der Waals surface area contributed by atoms with E-state index in [0.717, 1.165) is 10.6 Å². The van der Waals surface area contributed by atoms with Crippen molar-refractivity contribution in [2.75, 3.05) is 13.7 Å². The first-order chi connectivity index (χ1) is 11.1. The van der Waals surface area contributed by atoms with Crippen LogP contribution in [-0.2, 0) is 15.3 Å². The number of benzene rings is 1. The molecule has 23 heavy (non-hydrogen) atoms. The molecule has 1 aromatic heterocycles. The molecule has 2 aromatic rings. The molecule has 5 nitrogen and oxygen atoms in total. The number of hydrogen-bond donors (Lipinski definition) is 2. The van der Waals surface area contributed by atoms with Crippen LogP contribution < -0.4 is 5.32 Å². The highest BCUT2D eigenvalue weighted by Crippen LogP contribution is 2.27.